The lowest BCUT2D eigenvalue weighted by Crippen LogP contribution is -2.39. The maximum Gasteiger partial charge on any atom is 0.251 e. The quantitative estimate of drug-likeness (QED) is 0.497. The fraction of sp³-hybridized carbons (Fsp3) is 0.517. The highest BCUT2D eigenvalue weighted by Gasteiger charge is 2.36. The predicted octanol–water partition coefficient (Wildman–Crippen LogP) is 3.58. The van der Waals surface area contributed by atoms with Gasteiger partial charge < -0.3 is 30.1 Å². The third-order valence-electron chi connectivity index (χ3n) is 8.13. The first-order valence-corrected chi connectivity index (χ1v) is 13.8. The third kappa shape index (κ3) is 5.71. The summed E-state index contributed by atoms with van der Waals surface area (Å²) in [6.07, 6.45) is 9.62. The van der Waals surface area contributed by atoms with E-state index in [2.05, 4.69) is 39.0 Å². The van der Waals surface area contributed by atoms with Crippen LogP contribution in [-0.2, 0) is 4.79 Å². The minimum Gasteiger partial charge on any atom is -0.495 e. The Hall–Kier alpha value is -3.66. The van der Waals surface area contributed by atoms with Crippen molar-refractivity contribution in [3.05, 3.63) is 42.6 Å². The second-order valence-corrected chi connectivity index (χ2v) is 10.9. The highest BCUT2D eigenvalue weighted by molar-refractivity contribution is 5.99. The minimum atomic E-state index is -0.179. The summed E-state index contributed by atoms with van der Waals surface area (Å²) in [6.45, 7) is 6.31. The summed E-state index contributed by atoms with van der Waals surface area (Å²) in [4.78, 5) is 41.8. The van der Waals surface area contributed by atoms with E-state index < -0.39 is 0 Å². The molecule has 0 spiro atoms. The van der Waals surface area contributed by atoms with Gasteiger partial charge in [0.15, 0.2) is 5.82 Å². The van der Waals surface area contributed by atoms with Crippen molar-refractivity contribution in [3.63, 3.8) is 0 Å². The number of amides is 2. The van der Waals surface area contributed by atoms with Crippen LogP contribution in [0.5, 0.6) is 5.75 Å². The first-order chi connectivity index (χ1) is 18.9. The van der Waals surface area contributed by atoms with E-state index in [4.69, 9.17) is 9.72 Å². The molecule has 1 aliphatic carbocycles. The van der Waals surface area contributed by atoms with E-state index in [1.165, 1.54) is 12.8 Å². The van der Waals surface area contributed by atoms with Crippen molar-refractivity contribution in [2.75, 3.05) is 56.0 Å². The van der Waals surface area contributed by atoms with Gasteiger partial charge in [-0.1, -0.05) is 18.9 Å². The number of carbonyl (C=O) groups is 2. The van der Waals surface area contributed by atoms with E-state index in [1.54, 1.807) is 37.4 Å². The van der Waals surface area contributed by atoms with Crippen LogP contribution < -0.4 is 25.2 Å². The second-order valence-electron chi connectivity index (χ2n) is 10.9. The van der Waals surface area contributed by atoms with Crippen LogP contribution in [0, 0.1) is 5.92 Å². The Labute approximate surface area is 230 Å². The van der Waals surface area contributed by atoms with E-state index >= 15 is 0 Å². The van der Waals surface area contributed by atoms with Gasteiger partial charge in [-0.15, -0.1) is 6.58 Å². The largest absolute Gasteiger partial charge is 0.495 e. The van der Waals surface area contributed by atoms with Crippen LogP contribution in [0.2, 0.25) is 0 Å². The van der Waals surface area contributed by atoms with Crippen LogP contribution in [0.3, 0.4) is 0 Å². The zero-order valence-electron chi connectivity index (χ0n) is 23.2. The Bertz CT molecular complexity index is 1230. The number of aromatic nitrogens is 2. The zero-order chi connectivity index (χ0) is 27.5. The molecule has 5 rings (SSSR count). The van der Waals surface area contributed by atoms with E-state index in [0.29, 0.717) is 47.6 Å². The summed E-state index contributed by atoms with van der Waals surface area (Å²) in [5.41, 5.74) is 1.90. The van der Waals surface area contributed by atoms with E-state index in [1.807, 2.05) is 12.1 Å². The number of hydrogen-bond donors (Lipinski definition) is 2. The molecule has 2 amide bonds. The molecule has 0 radical (unpaired) electrons. The molecule has 3 heterocycles. The molecule has 2 aromatic rings. The Morgan fingerprint density at radius 2 is 2.00 bits per heavy atom. The molecule has 1 saturated carbocycles. The van der Waals surface area contributed by atoms with Crippen LogP contribution in [0.25, 0.3) is 0 Å². The molecule has 1 aromatic heterocycles. The SMILES string of the molecule is C=CC[C@H]1CN(C2CCCC2)c2nc(Nc3ccc(C(=O)N[C@H]4CCN(C)C4)cc3OC)ncc2N(C)C1=O. The van der Waals surface area contributed by atoms with Gasteiger partial charge in [0.25, 0.3) is 5.91 Å². The molecule has 0 bridgehead atoms. The molecule has 0 unspecified atom stereocenters. The second kappa shape index (κ2) is 11.6. The Balaban J connectivity index is 1.40. The summed E-state index contributed by atoms with van der Waals surface area (Å²) in [5, 5.41) is 6.39. The van der Waals surface area contributed by atoms with Gasteiger partial charge in [-0.05, 0) is 57.5 Å². The number of ether oxygens (including phenoxy) is 1. The molecule has 3 aliphatic rings. The molecule has 2 atom stereocenters. The van der Waals surface area contributed by atoms with Gasteiger partial charge >= 0.3 is 0 Å². The van der Waals surface area contributed by atoms with Crippen molar-refractivity contribution in [3.8, 4) is 5.75 Å². The fourth-order valence-electron chi connectivity index (χ4n) is 5.96. The number of hydrogen-bond acceptors (Lipinski definition) is 8. The fourth-order valence-corrected chi connectivity index (χ4v) is 5.96. The maximum atomic E-state index is 13.3. The van der Waals surface area contributed by atoms with Gasteiger partial charge in [0.05, 0.1) is 24.9 Å². The van der Waals surface area contributed by atoms with Gasteiger partial charge in [-0.3, -0.25) is 9.59 Å². The number of anilines is 4. The summed E-state index contributed by atoms with van der Waals surface area (Å²) >= 11 is 0. The molecular formula is C29H39N7O3. The van der Waals surface area contributed by atoms with Crippen LogP contribution in [0.15, 0.2) is 37.1 Å². The van der Waals surface area contributed by atoms with Crippen LogP contribution in [-0.4, -0.2) is 79.6 Å². The predicted molar refractivity (Wildman–Crippen MR) is 153 cm³/mol. The average molecular weight is 534 g/mol. The normalized spacial score (nSPS) is 22.0. The molecule has 2 aliphatic heterocycles. The number of methoxy groups -OCH3 is 1. The van der Waals surface area contributed by atoms with E-state index in [0.717, 1.165) is 38.2 Å². The molecule has 10 nitrogen and oxygen atoms in total. The van der Waals surface area contributed by atoms with Crippen LogP contribution in [0.4, 0.5) is 23.1 Å². The van der Waals surface area contributed by atoms with Gasteiger partial charge in [-0.25, -0.2) is 4.98 Å². The van der Waals surface area contributed by atoms with Crippen molar-refractivity contribution in [2.24, 2.45) is 5.92 Å². The molecule has 208 valence electrons. The molecule has 2 N–H and O–H groups in total. The molecule has 1 aromatic carbocycles. The van der Waals surface area contributed by atoms with Crippen molar-refractivity contribution >= 4 is 35.0 Å². The number of carbonyl (C=O) groups excluding carboxylic acids is 2. The van der Waals surface area contributed by atoms with Crippen molar-refractivity contribution in [1.29, 1.82) is 0 Å². The smallest absolute Gasteiger partial charge is 0.251 e. The van der Waals surface area contributed by atoms with E-state index in [9.17, 15) is 9.59 Å². The lowest BCUT2D eigenvalue weighted by Gasteiger charge is -2.31. The Morgan fingerprint density at radius 1 is 1.21 bits per heavy atom. The molecule has 10 heteroatoms. The van der Waals surface area contributed by atoms with E-state index in [-0.39, 0.29) is 23.8 Å². The highest BCUT2D eigenvalue weighted by Crippen LogP contribution is 2.38. The molecule has 39 heavy (non-hydrogen) atoms. The molecular weight excluding hydrogens is 494 g/mol. The Kier molecular flexibility index (Phi) is 8.02. The number of benzene rings is 1. The number of allylic oxidation sites excluding steroid dienone is 1. The summed E-state index contributed by atoms with van der Waals surface area (Å²) in [7, 11) is 5.43. The van der Waals surface area contributed by atoms with Crippen molar-refractivity contribution in [1.82, 2.24) is 20.2 Å². The maximum absolute atomic E-state index is 13.3. The number of rotatable bonds is 8. The van der Waals surface area contributed by atoms with Gasteiger partial charge in [-0.2, -0.15) is 4.98 Å². The standard InChI is InChI=1S/C29H39N7O3/c1-5-8-20-17-36(22-9-6-7-10-22)26-24(35(3)28(20)38)16-30-29(33-26)32-23-12-11-19(15-25(23)39-4)27(37)31-21-13-14-34(2)18-21/h5,11-12,15-16,20-22H,1,6-10,13-14,17-18H2,2-4H3,(H,31,37)(H,30,32,33)/t20-,21-/m0/s1. The van der Waals surface area contributed by atoms with Crippen LogP contribution in [0.1, 0.15) is 48.9 Å². The lowest BCUT2D eigenvalue weighted by molar-refractivity contribution is -0.121. The number of likely N-dealkylation sites (N-methyl/N-ethyl adjacent to an activating group) is 1. The molecule has 2 fully saturated rings. The number of nitrogens with zero attached hydrogens (tertiary/aromatic N) is 5. The topological polar surface area (TPSA) is 103 Å². The first-order valence-electron chi connectivity index (χ1n) is 13.8. The minimum absolute atomic E-state index is 0.0562. The van der Waals surface area contributed by atoms with Gasteiger partial charge in [0, 0.05) is 37.8 Å². The van der Waals surface area contributed by atoms with Crippen molar-refractivity contribution < 1.29 is 14.3 Å². The number of likely N-dealkylation sites (tertiary alicyclic amines) is 1. The van der Waals surface area contributed by atoms with Gasteiger partial charge in [0.2, 0.25) is 11.9 Å². The summed E-state index contributed by atoms with van der Waals surface area (Å²) in [5.74, 6) is 1.46. The summed E-state index contributed by atoms with van der Waals surface area (Å²) < 4.78 is 5.62. The molecule has 1 saturated heterocycles. The highest BCUT2D eigenvalue weighted by atomic mass is 16.5. The number of fused-ring (bicyclic) bond motifs is 1. The van der Waals surface area contributed by atoms with Gasteiger partial charge in [0.1, 0.15) is 11.4 Å². The average Bonchev–Trinajstić information content (AvgIpc) is 3.60. The lowest BCUT2D eigenvalue weighted by atomic mass is 10.0. The Morgan fingerprint density at radius 3 is 2.69 bits per heavy atom. The van der Waals surface area contributed by atoms with Crippen LogP contribution >= 0.6 is 0 Å². The third-order valence-corrected chi connectivity index (χ3v) is 8.13. The zero-order valence-corrected chi connectivity index (χ0v) is 23.2. The number of nitrogens with one attached hydrogen (secondary N) is 2. The summed E-state index contributed by atoms with van der Waals surface area (Å²) in [6, 6.07) is 5.81. The first kappa shape index (κ1) is 26.9. The van der Waals surface area contributed by atoms with Crippen molar-refractivity contribution in [2.45, 2.75) is 50.6 Å². The monoisotopic (exact) mass is 533 g/mol.